The molecule has 1 aromatic heterocycles. The maximum absolute atomic E-state index is 13.7. The number of hydrogen-bond acceptors (Lipinski definition) is 3. The van der Waals surface area contributed by atoms with Crippen molar-refractivity contribution in [1.82, 2.24) is 14.4 Å². The van der Waals surface area contributed by atoms with Gasteiger partial charge < -0.3 is 19.1 Å². The van der Waals surface area contributed by atoms with E-state index in [4.69, 9.17) is 16.3 Å². The maximum Gasteiger partial charge on any atom is 0.416 e. The van der Waals surface area contributed by atoms with Gasteiger partial charge in [-0.15, -0.1) is 0 Å². The Morgan fingerprint density at radius 1 is 1.02 bits per heavy atom. The Bertz CT molecular complexity index is 1290. The molecular formula is C31H37ClF3N3O3. The molecule has 41 heavy (non-hydrogen) atoms. The lowest BCUT2D eigenvalue weighted by Crippen LogP contribution is -2.44. The van der Waals surface area contributed by atoms with E-state index in [1.54, 1.807) is 4.90 Å². The van der Waals surface area contributed by atoms with Crippen LogP contribution in [0.3, 0.4) is 0 Å². The summed E-state index contributed by atoms with van der Waals surface area (Å²) < 4.78 is 47.4. The molecule has 2 amide bonds. The van der Waals surface area contributed by atoms with Gasteiger partial charge in [-0.05, 0) is 61.2 Å². The van der Waals surface area contributed by atoms with Crippen LogP contribution in [0.4, 0.5) is 13.2 Å². The summed E-state index contributed by atoms with van der Waals surface area (Å²) in [6, 6.07) is 15.7. The molecule has 0 atom stereocenters. The zero-order valence-electron chi connectivity index (χ0n) is 23.7. The number of carbonyl (C=O) groups excluding carboxylic acids is 2. The minimum absolute atomic E-state index is 0.118. The van der Waals surface area contributed by atoms with Gasteiger partial charge in [-0.2, -0.15) is 13.2 Å². The second kappa shape index (κ2) is 15.1. The van der Waals surface area contributed by atoms with Crippen molar-refractivity contribution in [2.45, 2.75) is 46.5 Å². The fourth-order valence-electron chi connectivity index (χ4n) is 4.48. The number of benzene rings is 2. The summed E-state index contributed by atoms with van der Waals surface area (Å²) in [5.41, 5.74) is 0.809. The van der Waals surface area contributed by atoms with E-state index in [-0.39, 0.29) is 30.5 Å². The number of alkyl halides is 3. The van der Waals surface area contributed by atoms with Crippen molar-refractivity contribution < 1.29 is 27.5 Å². The number of aromatic nitrogens is 1. The van der Waals surface area contributed by atoms with Gasteiger partial charge in [0, 0.05) is 55.3 Å². The van der Waals surface area contributed by atoms with E-state index in [2.05, 4.69) is 0 Å². The standard InChI is InChI=1S/C31H37ClF3N3O3/c1-4-41-17-9-16-37(30(40)24-11-7-12-26(18-24)31(33,34)35)22-29(39)38(19-23(2)3)21-27-13-8-15-36(27)20-25-10-5-6-14-28(25)32/h5-8,10-15,18,23H,4,9,16-17,19-22H2,1-3H3. The lowest BCUT2D eigenvalue weighted by Gasteiger charge is -2.29. The minimum Gasteiger partial charge on any atom is -0.382 e. The summed E-state index contributed by atoms with van der Waals surface area (Å²) in [4.78, 5) is 30.1. The first-order valence-corrected chi connectivity index (χ1v) is 14.1. The van der Waals surface area contributed by atoms with Gasteiger partial charge in [0.25, 0.3) is 5.91 Å². The van der Waals surface area contributed by atoms with Gasteiger partial charge in [0.05, 0.1) is 12.1 Å². The van der Waals surface area contributed by atoms with Crippen LogP contribution in [0.15, 0.2) is 66.9 Å². The molecule has 0 aliphatic carbocycles. The van der Waals surface area contributed by atoms with Crippen molar-refractivity contribution in [3.05, 3.63) is 94.3 Å². The van der Waals surface area contributed by atoms with Crippen LogP contribution in [0.5, 0.6) is 0 Å². The molecule has 0 unspecified atom stereocenters. The van der Waals surface area contributed by atoms with E-state index >= 15 is 0 Å². The van der Waals surface area contributed by atoms with Crippen molar-refractivity contribution in [2.75, 3.05) is 32.8 Å². The highest BCUT2D eigenvalue weighted by Crippen LogP contribution is 2.30. The highest BCUT2D eigenvalue weighted by atomic mass is 35.5. The largest absolute Gasteiger partial charge is 0.416 e. The topological polar surface area (TPSA) is 54.8 Å². The Kier molecular flexibility index (Phi) is 11.8. The van der Waals surface area contributed by atoms with Crippen LogP contribution in [-0.2, 0) is 28.8 Å². The number of ether oxygens (including phenoxy) is 1. The summed E-state index contributed by atoms with van der Waals surface area (Å²) in [5, 5.41) is 0.651. The molecule has 2 aromatic carbocycles. The molecular weight excluding hydrogens is 555 g/mol. The van der Waals surface area contributed by atoms with Crippen LogP contribution < -0.4 is 0 Å². The molecule has 0 spiro atoms. The quantitative estimate of drug-likeness (QED) is 0.195. The van der Waals surface area contributed by atoms with E-state index in [1.165, 1.54) is 17.0 Å². The summed E-state index contributed by atoms with van der Waals surface area (Å²) in [7, 11) is 0. The Balaban J connectivity index is 1.82. The smallest absolute Gasteiger partial charge is 0.382 e. The normalized spacial score (nSPS) is 11.6. The molecule has 0 bridgehead atoms. The zero-order chi connectivity index (χ0) is 30.0. The number of rotatable bonds is 14. The summed E-state index contributed by atoms with van der Waals surface area (Å²) in [5.74, 6) is -0.773. The Labute approximate surface area is 244 Å². The zero-order valence-corrected chi connectivity index (χ0v) is 24.4. The van der Waals surface area contributed by atoms with Gasteiger partial charge in [0.1, 0.15) is 6.54 Å². The molecule has 0 N–H and O–H groups in total. The summed E-state index contributed by atoms with van der Waals surface area (Å²) >= 11 is 6.37. The highest BCUT2D eigenvalue weighted by molar-refractivity contribution is 6.31. The first-order chi connectivity index (χ1) is 19.5. The van der Waals surface area contributed by atoms with Crippen LogP contribution >= 0.6 is 11.6 Å². The summed E-state index contributed by atoms with van der Waals surface area (Å²) in [6.07, 6.45) is -2.22. The molecule has 6 nitrogen and oxygen atoms in total. The predicted molar refractivity (Wildman–Crippen MR) is 154 cm³/mol. The Morgan fingerprint density at radius 3 is 2.46 bits per heavy atom. The maximum atomic E-state index is 13.7. The van der Waals surface area contributed by atoms with Crippen LogP contribution in [0.25, 0.3) is 0 Å². The second-order valence-electron chi connectivity index (χ2n) is 10.2. The average molecular weight is 592 g/mol. The third kappa shape index (κ3) is 9.64. The van der Waals surface area contributed by atoms with E-state index in [0.717, 1.165) is 23.4 Å². The first-order valence-electron chi connectivity index (χ1n) is 13.7. The number of amides is 2. The third-order valence-corrected chi connectivity index (χ3v) is 6.85. The van der Waals surface area contributed by atoms with E-state index in [0.29, 0.717) is 44.3 Å². The molecule has 0 saturated carbocycles. The molecule has 0 aliphatic rings. The fraction of sp³-hybridized carbons (Fsp3) is 0.419. The minimum atomic E-state index is -4.58. The Hall–Kier alpha value is -3.30. The van der Waals surface area contributed by atoms with Gasteiger partial charge in [-0.1, -0.05) is 49.7 Å². The molecule has 1 heterocycles. The van der Waals surface area contributed by atoms with Crippen LogP contribution in [0.1, 0.15) is 54.4 Å². The van der Waals surface area contributed by atoms with Gasteiger partial charge in [-0.3, -0.25) is 9.59 Å². The van der Waals surface area contributed by atoms with E-state index in [9.17, 15) is 22.8 Å². The molecule has 0 saturated heterocycles. The van der Waals surface area contributed by atoms with Crippen LogP contribution in [0.2, 0.25) is 5.02 Å². The van der Waals surface area contributed by atoms with Gasteiger partial charge in [0.2, 0.25) is 5.91 Å². The van der Waals surface area contributed by atoms with Crippen molar-refractivity contribution >= 4 is 23.4 Å². The summed E-state index contributed by atoms with van der Waals surface area (Å²) in [6.45, 7) is 7.88. The molecule has 0 aliphatic heterocycles. The lowest BCUT2D eigenvalue weighted by molar-refractivity contribution is -0.137. The Morgan fingerprint density at radius 2 is 1.78 bits per heavy atom. The average Bonchev–Trinajstić information content (AvgIpc) is 3.36. The number of halogens is 4. The fourth-order valence-corrected chi connectivity index (χ4v) is 4.67. The van der Waals surface area contributed by atoms with E-state index in [1.807, 2.05) is 67.9 Å². The van der Waals surface area contributed by atoms with Gasteiger partial charge >= 0.3 is 6.18 Å². The molecule has 0 radical (unpaired) electrons. The van der Waals surface area contributed by atoms with Crippen molar-refractivity contribution in [3.63, 3.8) is 0 Å². The molecule has 222 valence electrons. The van der Waals surface area contributed by atoms with Crippen LogP contribution in [-0.4, -0.2) is 59.0 Å². The number of hydrogen-bond donors (Lipinski definition) is 0. The molecule has 3 aromatic rings. The van der Waals surface area contributed by atoms with Gasteiger partial charge in [-0.25, -0.2) is 0 Å². The predicted octanol–water partition coefficient (Wildman–Crippen LogP) is 6.76. The van der Waals surface area contributed by atoms with Gasteiger partial charge in [0.15, 0.2) is 0 Å². The van der Waals surface area contributed by atoms with Crippen molar-refractivity contribution in [2.24, 2.45) is 5.92 Å². The third-order valence-electron chi connectivity index (χ3n) is 6.48. The number of nitrogens with zero attached hydrogens (tertiary/aromatic N) is 3. The number of carbonyl (C=O) groups is 2. The first kappa shape index (κ1) is 32.2. The molecule has 10 heteroatoms. The monoisotopic (exact) mass is 591 g/mol. The second-order valence-corrected chi connectivity index (χ2v) is 10.6. The molecule has 3 rings (SSSR count). The SMILES string of the molecule is CCOCCCN(CC(=O)N(Cc1cccn1Cc1ccccc1Cl)CC(C)C)C(=O)c1cccc(C(F)(F)F)c1. The van der Waals surface area contributed by atoms with Crippen molar-refractivity contribution in [3.8, 4) is 0 Å². The van der Waals surface area contributed by atoms with E-state index < -0.39 is 17.6 Å². The van der Waals surface area contributed by atoms with Crippen LogP contribution in [0, 0.1) is 5.92 Å². The van der Waals surface area contributed by atoms with Crippen molar-refractivity contribution in [1.29, 1.82) is 0 Å². The highest BCUT2D eigenvalue weighted by Gasteiger charge is 2.32. The lowest BCUT2D eigenvalue weighted by atomic mass is 10.1. The molecule has 0 fully saturated rings.